The summed E-state index contributed by atoms with van der Waals surface area (Å²) >= 11 is 0. The number of benzene rings is 1. The van der Waals surface area contributed by atoms with Crippen molar-refractivity contribution in [1.82, 2.24) is 15.6 Å². The number of pyridine rings is 1. The fraction of sp³-hybridized carbons (Fsp3) is 0.500. The molecule has 4 heteroatoms. The molecule has 2 heterocycles. The Morgan fingerprint density at radius 2 is 2.25 bits per heavy atom. The van der Waals surface area contributed by atoms with Crippen LogP contribution in [0.5, 0.6) is 0 Å². The second kappa shape index (κ2) is 5.85. The first-order valence-corrected chi connectivity index (χ1v) is 9.04. The molecule has 3 atom stereocenters. The summed E-state index contributed by atoms with van der Waals surface area (Å²) in [6, 6.07) is 7.17. The molecule has 4 nitrogen and oxygen atoms in total. The summed E-state index contributed by atoms with van der Waals surface area (Å²) in [5, 5.41) is 7.81. The van der Waals surface area contributed by atoms with Crippen LogP contribution in [-0.2, 0) is 6.42 Å². The van der Waals surface area contributed by atoms with Crippen LogP contribution >= 0.6 is 0 Å². The highest BCUT2D eigenvalue weighted by Gasteiger charge is 2.48. The van der Waals surface area contributed by atoms with Gasteiger partial charge in [-0.2, -0.15) is 0 Å². The van der Waals surface area contributed by atoms with Crippen molar-refractivity contribution in [3.05, 3.63) is 41.1 Å². The van der Waals surface area contributed by atoms with Crippen molar-refractivity contribution in [1.29, 1.82) is 0 Å². The Bertz CT molecular complexity index is 799. The SMILES string of the molecule is CCc1cc(C(=O)NC2CNC3CC32)c2nccc(C(C)C)c2c1. The molecule has 4 rings (SSSR count). The van der Waals surface area contributed by atoms with Gasteiger partial charge < -0.3 is 10.6 Å². The first-order chi connectivity index (χ1) is 11.6. The number of piperidine rings is 1. The predicted octanol–water partition coefficient (Wildman–Crippen LogP) is 3.01. The molecule has 1 amide bonds. The standard InChI is InChI=1S/C20H25N3O/c1-4-12-7-14-13(11(2)3)5-6-21-19(14)16(8-12)20(24)23-18-10-22-17-9-15(17)18/h5-8,11,15,17-18,22H,4,9-10H2,1-3H3,(H,23,24). The second-order valence-corrected chi connectivity index (χ2v) is 7.44. The number of aryl methyl sites for hydroxylation is 1. The largest absolute Gasteiger partial charge is 0.348 e. The highest BCUT2D eigenvalue weighted by molar-refractivity contribution is 6.06. The van der Waals surface area contributed by atoms with Crippen molar-refractivity contribution in [2.45, 2.75) is 51.6 Å². The molecule has 1 aromatic heterocycles. The lowest BCUT2D eigenvalue weighted by atomic mass is 9.94. The Balaban J connectivity index is 1.75. The van der Waals surface area contributed by atoms with Gasteiger partial charge in [-0.1, -0.05) is 20.8 Å². The third kappa shape index (κ3) is 2.59. The summed E-state index contributed by atoms with van der Waals surface area (Å²) in [4.78, 5) is 17.5. The molecule has 126 valence electrons. The molecule has 0 radical (unpaired) electrons. The van der Waals surface area contributed by atoms with E-state index in [-0.39, 0.29) is 11.9 Å². The summed E-state index contributed by atoms with van der Waals surface area (Å²) < 4.78 is 0. The molecule has 2 N–H and O–H groups in total. The average Bonchev–Trinajstić information content (AvgIpc) is 3.27. The number of aromatic nitrogens is 1. The minimum atomic E-state index is 0.0167. The zero-order chi connectivity index (χ0) is 16.8. The monoisotopic (exact) mass is 323 g/mol. The summed E-state index contributed by atoms with van der Waals surface area (Å²) in [6.45, 7) is 7.39. The van der Waals surface area contributed by atoms with Gasteiger partial charge in [-0.05, 0) is 54.0 Å². The molecule has 1 aliphatic carbocycles. The fourth-order valence-corrected chi connectivity index (χ4v) is 3.94. The van der Waals surface area contributed by atoms with Gasteiger partial charge >= 0.3 is 0 Å². The van der Waals surface area contributed by atoms with E-state index < -0.39 is 0 Å². The van der Waals surface area contributed by atoms with Crippen LogP contribution in [0.2, 0.25) is 0 Å². The van der Waals surface area contributed by atoms with Crippen molar-refractivity contribution < 1.29 is 4.79 Å². The van der Waals surface area contributed by atoms with Crippen molar-refractivity contribution in [2.24, 2.45) is 5.92 Å². The van der Waals surface area contributed by atoms with Crippen molar-refractivity contribution >= 4 is 16.8 Å². The first-order valence-electron chi connectivity index (χ1n) is 9.04. The van der Waals surface area contributed by atoms with E-state index in [1.807, 2.05) is 12.3 Å². The van der Waals surface area contributed by atoms with Gasteiger partial charge in [-0.3, -0.25) is 9.78 Å². The van der Waals surface area contributed by atoms with E-state index in [2.05, 4.69) is 48.5 Å². The van der Waals surface area contributed by atoms with Gasteiger partial charge in [0.15, 0.2) is 0 Å². The molecular weight excluding hydrogens is 298 g/mol. The molecule has 1 aliphatic heterocycles. The summed E-state index contributed by atoms with van der Waals surface area (Å²) in [6.07, 6.45) is 3.93. The predicted molar refractivity (Wildman–Crippen MR) is 96.4 cm³/mol. The topological polar surface area (TPSA) is 54.0 Å². The number of hydrogen-bond acceptors (Lipinski definition) is 3. The number of carbonyl (C=O) groups excluding carboxylic acids is 1. The van der Waals surface area contributed by atoms with E-state index in [0.29, 0.717) is 17.9 Å². The van der Waals surface area contributed by atoms with Gasteiger partial charge in [-0.25, -0.2) is 0 Å². The lowest BCUT2D eigenvalue weighted by molar-refractivity contribution is 0.0937. The summed E-state index contributed by atoms with van der Waals surface area (Å²) in [5.41, 5.74) is 4.00. The Hall–Kier alpha value is -1.94. The number of hydrogen-bond donors (Lipinski definition) is 2. The average molecular weight is 323 g/mol. The van der Waals surface area contributed by atoms with E-state index in [4.69, 9.17) is 0 Å². The lowest BCUT2D eigenvalue weighted by Crippen LogP contribution is -2.39. The quantitative estimate of drug-likeness (QED) is 0.909. The molecule has 2 aliphatic rings. The van der Waals surface area contributed by atoms with E-state index in [9.17, 15) is 4.79 Å². The maximum absolute atomic E-state index is 12.9. The smallest absolute Gasteiger partial charge is 0.253 e. The maximum Gasteiger partial charge on any atom is 0.253 e. The van der Waals surface area contributed by atoms with Gasteiger partial charge in [0.2, 0.25) is 0 Å². The highest BCUT2D eigenvalue weighted by Crippen LogP contribution is 2.38. The number of amides is 1. The van der Waals surface area contributed by atoms with Crippen molar-refractivity contribution in [3.63, 3.8) is 0 Å². The van der Waals surface area contributed by atoms with Crippen LogP contribution in [0.4, 0.5) is 0 Å². The van der Waals surface area contributed by atoms with Gasteiger partial charge in [0.1, 0.15) is 0 Å². The Morgan fingerprint density at radius 3 is 2.88 bits per heavy atom. The third-order valence-electron chi connectivity index (χ3n) is 5.49. The maximum atomic E-state index is 12.9. The number of nitrogens with one attached hydrogen (secondary N) is 2. The third-order valence-corrected chi connectivity index (χ3v) is 5.49. The minimum Gasteiger partial charge on any atom is -0.348 e. The molecule has 2 aromatic rings. The molecule has 0 spiro atoms. The van der Waals surface area contributed by atoms with Gasteiger partial charge in [0, 0.05) is 30.2 Å². The van der Waals surface area contributed by atoms with Crippen molar-refractivity contribution in [2.75, 3.05) is 6.54 Å². The van der Waals surface area contributed by atoms with E-state index >= 15 is 0 Å². The van der Waals surface area contributed by atoms with Crippen LogP contribution in [-0.4, -0.2) is 29.5 Å². The summed E-state index contributed by atoms with van der Waals surface area (Å²) in [7, 11) is 0. The van der Waals surface area contributed by atoms with Crippen LogP contribution in [0.1, 0.15) is 54.6 Å². The van der Waals surface area contributed by atoms with Gasteiger partial charge in [-0.15, -0.1) is 0 Å². The van der Waals surface area contributed by atoms with E-state index in [1.165, 1.54) is 17.5 Å². The lowest BCUT2D eigenvalue weighted by Gasteiger charge is -2.17. The fourth-order valence-electron chi connectivity index (χ4n) is 3.94. The molecule has 24 heavy (non-hydrogen) atoms. The van der Waals surface area contributed by atoms with Gasteiger partial charge in [0.05, 0.1) is 11.1 Å². The van der Waals surface area contributed by atoms with Crippen LogP contribution in [0.25, 0.3) is 10.9 Å². The zero-order valence-corrected chi connectivity index (χ0v) is 14.6. The molecule has 1 saturated carbocycles. The molecule has 1 saturated heterocycles. The normalized spacial score (nSPS) is 25.1. The minimum absolute atomic E-state index is 0.0167. The Kier molecular flexibility index (Phi) is 3.80. The highest BCUT2D eigenvalue weighted by atomic mass is 16.1. The number of fused-ring (bicyclic) bond motifs is 2. The molecule has 0 bridgehead atoms. The number of rotatable bonds is 4. The Morgan fingerprint density at radius 1 is 1.42 bits per heavy atom. The van der Waals surface area contributed by atoms with Crippen molar-refractivity contribution in [3.8, 4) is 0 Å². The van der Waals surface area contributed by atoms with Crippen LogP contribution in [0.15, 0.2) is 24.4 Å². The van der Waals surface area contributed by atoms with E-state index in [1.54, 1.807) is 0 Å². The summed E-state index contributed by atoms with van der Waals surface area (Å²) in [5.74, 6) is 1.04. The van der Waals surface area contributed by atoms with Crippen LogP contribution in [0, 0.1) is 5.92 Å². The van der Waals surface area contributed by atoms with E-state index in [0.717, 1.165) is 29.4 Å². The number of carbonyl (C=O) groups is 1. The second-order valence-electron chi connectivity index (χ2n) is 7.44. The first kappa shape index (κ1) is 15.6. The van der Waals surface area contributed by atoms with Crippen LogP contribution in [0.3, 0.4) is 0 Å². The molecular formula is C20H25N3O. The Labute approximate surface area is 143 Å². The molecule has 1 aromatic carbocycles. The number of nitrogens with zero attached hydrogens (tertiary/aromatic N) is 1. The van der Waals surface area contributed by atoms with Gasteiger partial charge in [0.25, 0.3) is 5.91 Å². The van der Waals surface area contributed by atoms with Crippen LogP contribution < -0.4 is 10.6 Å². The zero-order valence-electron chi connectivity index (χ0n) is 14.6. The molecule has 3 unspecified atom stereocenters. The molecule has 2 fully saturated rings.